The fraction of sp³-hybridized carbons (Fsp3) is 0.136. The van der Waals surface area contributed by atoms with Crippen LogP contribution in [0.4, 0.5) is 8.78 Å². The van der Waals surface area contributed by atoms with Crippen LogP contribution in [-0.2, 0) is 4.74 Å². The minimum atomic E-state index is -2.94. The Bertz CT molecular complexity index is 1220. The molecule has 4 aromatic rings. The van der Waals surface area contributed by atoms with Crippen molar-refractivity contribution in [3.63, 3.8) is 0 Å². The van der Waals surface area contributed by atoms with Gasteiger partial charge in [-0.25, -0.2) is 14.3 Å². The third-order valence-electron chi connectivity index (χ3n) is 4.58. The Morgan fingerprint density at radius 3 is 2.47 bits per heavy atom. The summed E-state index contributed by atoms with van der Waals surface area (Å²) in [5.41, 5.74) is 3.88. The van der Waals surface area contributed by atoms with E-state index in [9.17, 15) is 13.6 Å². The highest BCUT2D eigenvalue weighted by molar-refractivity contribution is 5.92. The Hall–Kier alpha value is -3.81. The van der Waals surface area contributed by atoms with Gasteiger partial charge in [0.15, 0.2) is 11.3 Å². The summed E-state index contributed by atoms with van der Waals surface area (Å²) in [5.74, 6) is -0.595. The minimum absolute atomic E-state index is 0.00300. The number of benzene rings is 2. The number of hydrogen-bond acceptors (Lipinski definition) is 5. The second-order valence-electron chi connectivity index (χ2n) is 6.49. The summed E-state index contributed by atoms with van der Waals surface area (Å²) in [5, 5.41) is 4.48. The molecule has 0 amide bonds. The lowest BCUT2D eigenvalue weighted by molar-refractivity contribution is -0.0498. The van der Waals surface area contributed by atoms with Crippen molar-refractivity contribution in [2.75, 3.05) is 7.11 Å². The first-order chi connectivity index (χ1) is 14.5. The van der Waals surface area contributed by atoms with Crippen LogP contribution in [0.5, 0.6) is 5.75 Å². The van der Waals surface area contributed by atoms with Crippen molar-refractivity contribution in [2.24, 2.45) is 0 Å². The molecule has 152 valence electrons. The molecule has 0 N–H and O–H groups in total. The van der Waals surface area contributed by atoms with Crippen LogP contribution >= 0.6 is 0 Å². The van der Waals surface area contributed by atoms with Gasteiger partial charge in [-0.1, -0.05) is 42.5 Å². The lowest BCUT2D eigenvalue weighted by Crippen LogP contribution is -2.11. The molecule has 6 nitrogen and oxygen atoms in total. The molecule has 0 atom stereocenters. The standard InChI is InChI=1S/C22H17F2N3O3/c1-13-19(14-7-4-3-5-8-14)20-25-17(12-18(21(28)29-2)27(20)26-13)15-9-6-10-16(11-15)30-22(23)24/h3-12,22H,1-2H3. The van der Waals surface area contributed by atoms with Crippen LogP contribution < -0.4 is 4.74 Å². The van der Waals surface area contributed by atoms with Gasteiger partial charge in [-0.15, -0.1) is 0 Å². The number of ether oxygens (including phenoxy) is 2. The monoisotopic (exact) mass is 409 g/mol. The van der Waals surface area contributed by atoms with Crippen LogP contribution in [-0.4, -0.2) is 34.3 Å². The van der Waals surface area contributed by atoms with Gasteiger partial charge in [0.1, 0.15) is 5.75 Å². The van der Waals surface area contributed by atoms with Gasteiger partial charge in [0, 0.05) is 11.1 Å². The maximum Gasteiger partial charge on any atom is 0.387 e. The molecule has 2 aromatic heterocycles. The Labute approximate surface area is 170 Å². The van der Waals surface area contributed by atoms with E-state index in [0.717, 1.165) is 11.1 Å². The van der Waals surface area contributed by atoms with Crippen molar-refractivity contribution in [1.82, 2.24) is 14.6 Å². The van der Waals surface area contributed by atoms with E-state index in [2.05, 4.69) is 14.8 Å². The Morgan fingerprint density at radius 1 is 1.03 bits per heavy atom. The van der Waals surface area contributed by atoms with Gasteiger partial charge in [0.2, 0.25) is 0 Å². The van der Waals surface area contributed by atoms with E-state index in [1.807, 2.05) is 37.3 Å². The molecule has 0 radical (unpaired) electrons. The summed E-state index contributed by atoms with van der Waals surface area (Å²) < 4.78 is 36.1. The van der Waals surface area contributed by atoms with Gasteiger partial charge < -0.3 is 9.47 Å². The predicted octanol–water partition coefficient (Wildman–Crippen LogP) is 4.76. The van der Waals surface area contributed by atoms with Crippen LogP contribution in [0, 0.1) is 6.92 Å². The van der Waals surface area contributed by atoms with Crippen molar-refractivity contribution in [3.05, 3.63) is 72.1 Å². The van der Waals surface area contributed by atoms with E-state index in [1.54, 1.807) is 12.1 Å². The number of methoxy groups -OCH3 is 1. The van der Waals surface area contributed by atoms with Crippen molar-refractivity contribution < 1.29 is 23.0 Å². The number of halogens is 2. The average Bonchev–Trinajstić information content (AvgIpc) is 3.08. The largest absolute Gasteiger partial charge is 0.464 e. The van der Waals surface area contributed by atoms with E-state index in [0.29, 0.717) is 22.6 Å². The van der Waals surface area contributed by atoms with Crippen molar-refractivity contribution in [3.8, 4) is 28.1 Å². The van der Waals surface area contributed by atoms with Crippen molar-refractivity contribution in [1.29, 1.82) is 0 Å². The molecule has 0 saturated heterocycles. The van der Waals surface area contributed by atoms with Crippen LogP contribution in [0.25, 0.3) is 28.0 Å². The Morgan fingerprint density at radius 2 is 1.77 bits per heavy atom. The zero-order valence-electron chi connectivity index (χ0n) is 16.2. The quantitative estimate of drug-likeness (QED) is 0.445. The second kappa shape index (κ2) is 7.90. The number of nitrogens with zero attached hydrogens (tertiary/aromatic N) is 3. The molecule has 4 rings (SSSR count). The molecular formula is C22H17F2N3O3. The number of carbonyl (C=O) groups is 1. The molecule has 0 saturated carbocycles. The summed E-state index contributed by atoms with van der Waals surface area (Å²) in [6, 6.07) is 17.2. The highest BCUT2D eigenvalue weighted by atomic mass is 19.3. The number of rotatable bonds is 5. The number of alkyl halides is 2. The summed E-state index contributed by atoms with van der Waals surface area (Å²) >= 11 is 0. The topological polar surface area (TPSA) is 65.7 Å². The van der Waals surface area contributed by atoms with Gasteiger partial charge in [0.25, 0.3) is 0 Å². The van der Waals surface area contributed by atoms with Crippen LogP contribution in [0.2, 0.25) is 0 Å². The lowest BCUT2D eigenvalue weighted by atomic mass is 10.1. The Balaban J connectivity index is 1.97. The first-order valence-corrected chi connectivity index (χ1v) is 9.07. The highest BCUT2D eigenvalue weighted by Crippen LogP contribution is 2.31. The smallest absolute Gasteiger partial charge is 0.387 e. The number of hydrogen-bond donors (Lipinski definition) is 0. The molecule has 0 fully saturated rings. The molecule has 0 spiro atoms. The van der Waals surface area contributed by atoms with E-state index < -0.39 is 12.6 Å². The maximum atomic E-state index is 12.6. The van der Waals surface area contributed by atoms with E-state index in [-0.39, 0.29) is 11.4 Å². The fourth-order valence-corrected chi connectivity index (χ4v) is 3.30. The van der Waals surface area contributed by atoms with E-state index >= 15 is 0 Å². The highest BCUT2D eigenvalue weighted by Gasteiger charge is 2.21. The molecule has 2 heterocycles. The molecule has 30 heavy (non-hydrogen) atoms. The predicted molar refractivity (Wildman–Crippen MR) is 107 cm³/mol. The summed E-state index contributed by atoms with van der Waals surface area (Å²) in [6.45, 7) is -1.11. The number of esters is 1. The summed E-state index contributed by atoms with van der Waals surface area (Å²) in [6.07, 6.45) is 0. The first kappa shape index (κ1) is 19.5. The normalized spacial score (nSPS) is 11.1. The molecule has 0 aliphatic rings. The molecule has 8 heteroatoms. The number of aryl methyl sites for hydroxylation is 1. The van der Waals surface area contributed by atoms with Gasteiger partial charge in [-0.2, -0.15) is 13.9 Å². The molecular weight excluding hydrogens is 392 g/mol. The van der Waals surface area contributed by atoms with Crippen LogP contribution in [0.1, 0.15) is 16.2 Å². The molecule has 0 aliphatic heterocycles. The van der Waals surface area contributed by atoms with E-state index in [1.165, 1.54) is 29.8 Å². The zero-order chi connectivity index (χ0) is 21.3. The van der Waals surface area contributed by atoms with Gasteiger partial charge in [-0.3, -0.25) is 0 Å². The zero-order valence-corrected chi connectivity index (χ0v) is 16.2. The second-order valence-corrected chi connectivity index (χ2v) is 6.49. The molecule has 0 bridgehead atoms. The third-order valence-corrected chi connectivity index (χ3v) is 4.58. The molecule has 2 aromatic carbocycles. The van der Waals surface area contributed by atoms with Crippen molar-refractivity contribution >= 4 is 11.6 Å². The van der Waals surface area contributed by atoms with Crippen molar-refractivity contribution in [2.45, 2.75) is 13.5 Å². The van der Waals surface area contributed by atoms with Gasteiger partial charge in [-0.05, 0) is 30.7 Å². The van der Waals surface area contributed by atoms with Crippen LogP contribution in [0.3, 0.4) is 0 Å². The number of fused-ring (bicyclic) bond motifs is 1. The third kappa shape index (κ3) is 3.59. The summed E-state index contributed by atoms with van der Waals surface area (Å²) in [7, 11) is 1.28. The minimum Gasteiger partial charge on any atom is -0.464 e. The SMILES string of the molecule is COC(=O)c1cc(-c2cccc(OC(F)F)c2)nc2c(-c3ccccc3)c(C)nn12. The Kier molecular flexibility index (Phi) is 5.14. The number of aromatic nitrogens is 3. The maximum absolute atomic E-state index is 12.6. The van der Waals surface area contributed by atoms with E-state index in [4.69, 9.17) is 4.74 Å². The summed E-state index contributed by atoms with van der Waals surface area (Å²) in [4.78, 5) is 17.1. The number of carbonyl (C=O) groups excluding carboxylic acids is 1. The average molecular weight is 409 g/mol. The van der Waals surface area contributed by atoms with Crippen LogP contribution in [0.15, 0.2) is 60.7 Å². The molecule has 0 unspecified atom stereocenters. The fourth-order valence-electron chi connectivity index (χ4n) is 3.30. The first-order valence-electron chi connectivity index (χ1n) is 9.07. The molecule has 0 aliphatic carbocycles. The van der Waals surface area contributed by atoms with Gasteiger partial charge >= 0.3 is 12.6 Å². The lowest BCUT2D eigenvalue weighted by Gasteiger charge is -2.10. The van der Waals surface area contributed by atoms with Gasteiger partial charge in [0.05, 0.1) is 18.5 Å².